The molecule has 1 N–H and O–H groups in total. The van der Waals surface area contributed by atoms with E-state index in [4.69, 9.17) is 9.72 Å². The molecule has 0 radical (unpaired) electrons. The van der Waals surface area contributed by atoms with E-state index in [9.17, 15) is 4.79 Å². The van der Waals surface area contributed by atoms with Crippen molar-refractivity contribution in [2.24, 2.45) is 0 Å². The van der Waals surface area contributed by atoms with Gasteiger partial charge in [-0.2, -0.15) is 0 Å². The summed E-state index contributed by atoms with van der Waals surface area (Å²) in [5.74, 6) is 1.41. The van der Waals surface area contributed by atoms with E-state index in [1.54, 1.807) is 31.4 Å². The van der Waals surface area contributed by atoms with Crippen LogP contribution in [0.5, 0.6) is 5.75 Å². The average Bonchev–Trinajstić information content (AvgIpc) is 3.10. The molecule has 4 rings (SSSR count). The van der Waals surface area contributed by atoms with Crippen LogP contribution < -0.4 is 10.1 Å². The number of carbonyl (C=O) groups excluding carboxylic acids is 1. The zero-order valence-corrected chi connectivity index (χ0v) is 15.6. The first-order valence-electron chi connectivity index (χ1n) is 9.15. The number of nitrogens with zero attached hydrogens (tertiary/aromatic N) is 2. The molecule has 0 bridgehead atoms. The normalized spacial score (nSPS) is 10.8. The molecule has 0 aliphatic heterocycles. The van der Waals surface area contributed by atoms with Crippen LogP contribution >= 0.6 is 0 Å². The minimum atomic E-state index is -0.138. The van der Waals surface area contributed by atoms with Gasteiger partial charge in [0.1, 0.15) is 11.6 Å². The number of hydrogen-bond acceptors (Lipinski definition) is 3. The van der Waals surface area contributed by atoms with Gasteiger partial charge in [-0.1, -0.05) is 42.5 Å². The second-order valence-corrected chi connectivity index (χ2v) is 6.50. The van der Waals surface area contributed by atoms with Crippen molar-refractivity contribution < 1.29 is 9.53 Å². The average molecular weight is 371 g/mol. The summed E-state index contributed by atoms with van der Waals surface area (Å²) in [7, 11) is 1.60. The number of rotatable bonds is 6. The van der Waals surface area contributed by atoms with Crippen LogP contribution in [0.2, 0.25) is 0 Å². The summed E-state index contributed by atoms with van der Waals surface area (Å²) in [6, 6.07) is 25.3. The Bertz CT molecular complexity index is 1090. The van der Waals surface area contributed by atoms with E-state index < -0.39 is 0 Å². The molecule has 0 fully saturated rings. The Morgan fingerprint density at radius 3 is 2.43 bits per heavy atom. The smallest absolute Gasteiger partial charge is 0.251 e. The molecule has 140 valence electrons. The third kappa shape index (κ3) is 3.74. The zero-order chi connectivity index (χ0) is 19.3. The van der Waals surface area contributed by atoms with Crippen molar-refractivity contribution in [1.29, 1.82) is 0 Å². The number of nitrogens with one attached hydrogen (secondary N) is 1. The first-order chi connectivity index (χ1) is 13.7. The highest BCUT2D eigenvalue weighted by molar-refractivity contribution is 5.94. The molecule has 5 heteroatoms. The lowest BCUT2D eigenvalue weighted by Crippen LogP contribution is -2.24. The summed E-state index contributed by atoms with van der Waals surface area (Å²) >= 11 is 0. The number of carbonyl (C=O) groups is 1. The lowest BCUT2D eigenvalue weighted by molar-refractivity contribution is 0.0949. The van der Waals surface area contributed by atoms with Crippen LogP contribution in [-0.4, -0.2) is 22.6 Å². The first kappa shape index (κ1) is 17.8. The molecule has 1 heterocycles. The molecule has 0 saturated carbocycles. The molecule has 4 aromatic rings. The molecule has 0 saturated heterocycles. The predicted molar refractivity (Wildman–Crippen MR) is 109 cm³/mol. The number of hydrogen-bond donors (Lipinski definition) is 1. The maximum atomic E-state index is 12.5. The van der Waals surface area contributed by atoms with Gasteiger partial charge in [0.25, 0.3) is 5.91 Å². The fraction of sp³-hybridized carbons (Fsp3) is 0.130. The molecule has 1 amide bonds. The molecule has 0 aliphatic carbocycles. The topological polar surface area (TPSA) is 56.1 Å². The quantitative estimate of drug-likeness (QED) is 0.557. The Hall–Kier alpha value is -3.60. The maximum absolute atomic E-state index is 12.5. The minimum absolute atomic E-state index is 0.138. The van der Waals surface area contributed by atoms with Crippen molar-refractivity contribution >= 4 is 16.9 Å². The first-order valence-corrected chi connectivity index (χ1v) is 9.15. The lowest BCUT2D eigenvalue weighted by Gasteiger charge is -2.11. The summed E-state index contributed by atoms with van der Waals surface area (Å²) in [6.07, 6.45) is 0. The van der Waals surface area contributed by atoms with Crippen molar-refractivity contribution in [3.05, 3.63) is 95.8 Å². The maximum Gasteiger partial charge on any atom is 0.251 e. The molecule has 28 heavy (non-hydrogen) atoms. The van der Waals surface area contributed by atoms with Gasteiger partial charge in [-0.25, -0.2) is 4.98 Å². The van der Waals surface area contributed by atoms with Gasteiger partial charge in [0, 0.05) is 12.1 Å². The number of methoxy groups -OCH3 is 1. The van der Waals surface area contributed by atoms with Crippen molar-refractivity contribution in [3.63, 3.8) is 0 Å². The fourth-order valence-electron chi connectivity index (χ4n) is 3.21. The van der Waals surface area contributed by atoms with Crippen LogP contribution in [0, 0.1) is 0 Å². The highest BCUT2D eigenvalue weighted by atomic mass is 16.5. The predicted octanol–water partition coefficient (Wildman–Crippen LogP) is 4.02. The van der Waals surface area contributed by atoms with Gasteiger partial charge in [-0.05, 0) is 42.0 Å². The van der Waals surface area contributed by atoms with Crippen molar-refractivity contribution in [3.8, 4) is 5.75 Å². The SMILES string of the molecule is COc1ccc(C(=O)NCc2nc3ccccc3n2Cc2ccccc2)cc1. The standard InChI is InChI=1S/C23H21N3O2/c1-28-19-13-11-18(12-14-19)23(27)24-15-22-25-20-9-5-6-10-21(20)26(22)16-17-7-3-2-4-8-17/h2-14H,15-16H2,1H3,(H,24,27). The highest BCUT2D eigenvalue weighted by Crippen LogP contribution is 2.18. The van der Waals surface area contributed by atoms with Crippen molar-refractivity contribution in [2.45, 2.75) is 13.1 Å². The van der Waals surface area contributed by atoms with E-state index in [1.165, 1.54) is 5.56 Å². The molecule has 3 aromatic carbocycles. The van der Waals surface area contributed by atoms with Gasteiger partial charge in [-0.15, -0.1) is 0 Å². The van der Waals surface area contributed by atoms with Gasteiger partial charge < -0.3 is 14.6 Å². The number of ether oxygens (including phenoxy) is 1. The van der Waals surface area contributed by atoms with Gasteiger partial charge >= 0.3 is 0 Å². The van der Waals surface area contributed by atoms with Crippen LogP contribution in [0.25, 0.3) is 11.0 Å². The van der Waals surface area contributed by atoms with Crippen LogP contribution in [0.15, 0.2) is 78.9 Å². The molecule has 0 unspecified atom stereocenters. The Kier molecular flexibility index (Phi) is 5.06. The van der Waals surface area contributed by atoms with E-state index in [1.807, 2.05) is 36.4 Å². The van der Waals surface area contributed by atoms with Gasteiger partial charge in [0.05, 0.1) is 24.7 Å². The second kappa shape index (κ2) is 7.96. The summed E-state index contributed by atoms with van der Waals surface area (Å²) < 4.78 is 7.29. The van der Waals surface area contributed by atoms with E-state index >= 15 is 0 Å². The number of benzene rings is 3. The Morgan fingerprint density at radius 1 is 0.964 bits per heavy atom. The van der Waals surface area contributed by atoms with Crippen molar-refractivity contribution in [1.82, 2.24) is 14.9 Å². The monoisotopic (exact) mass is 371 g/mol. The number of para-hydroxylation sites is 2. The van der Waals surface area contributed by atoms with Crippen LogP contribution in [0.1, 0.15) is 21.7 Å². The lowest BCUT2D eigenvalue weighted by atomic mass is 10.2. The summed E-state index contributed by atoms with van der Waals surface area (Å²) in [4.78, 5) is 17.2. The number of aromatic nitrogens is 2. The van der Waals surface area contributed by atoms with Gasteiger partial charge in [0.2, 0.25) is 0 Å². The Labute approximate surface area is 163 Å². The molecule has 0 spiro atoms. The summed E-state index contributed by atoms with van der Waals surface area (Å²) in [6.45, 7) is 1.06. The summed E-state index contributed by atoms with van der Waals surface area (Å²) in [5.41, 5.74) is 3.76. The molecule has 1 aromatic heterocycles. The molecule has 0 atom stereocenters. The number of fused-ring (bicyclic) bond motifs is 1. The molecule has 5 nitrogen and oxygen atoms in total. The number of amides is 1. The molecular formula is C23H21N3O2. The fourth-order valence-corrected chi connectivity index (χ4v) is 3.21. The third-order valence-electron chi connectivity index (χ3n) is 4.68. The van der Waals surface area contributed by atoms with E-state index in [0.29, 0.717) is 18.7 Å². The van der Waals surface area contributed by atoms with Crippen LogP contribution in [0.4, 0.5) is 0 Å². The summed E-state index contributed by atoms with van der Waals surface area (Å²) in [5, 5.41) is 2.98. The Morgan fingerprint density at radius 2 is 1.68 bits per heavy atom. The zero-order valence-electron chi connectivity index (χ0n) is 15.6. The molecular weight excluding hydrogens is 350 g/mol. The van der Waals surface area contributed by atoms with Gasteiger partial charge in [0.15, 0.2) is 0 Å². The van der Waals surface area contributed by atoms with E-state index in [0.717, 1.165) is 22.6 Å². The second-order valence-electron chi connectivity index (χ2n) is 6.50. The van der Waals surface area contributed by atoms with E-state index in [-0.39, 0.29) is 5.91 Å². The molecule has 0 aliphatic rings. The van der Waals surface area contributed by atoms with Crippen molar-refractivity contribution in [2.75, 3.05) is 7.11 Å². The van der Waals surface area contributed by atoms with Crippen LogP contribution in [0.3, 0.4) is 0 Å². The largest absolute Gasteiger partial charge is 0.497 e. The Balaban J connectivity index is 1.57. The van der Waals surface area contributed by atoms with E-state index in [2.05, 4.69) is 28.1 Å². The third-order valence-corrected chi connectivity index (χ3v) is 4.68. The van der Waals surface area contributed by atoms with Gasteiger partial charge in [-0.3, -0.25) is 4.79 Å². The minimum Gasteiger partial charge on any atom is -0.497 e. The highest BCUT2D eigenvalue weighted by Gasteiger charge is 2.13. The van der Waals surface area contributed by atoms with Crippen LogP contribution in [-0.2, 0) is 13.1 Å². The number of imidazole rings is 1.